The molecule has 5 nitrogen and oxygen atoms in total. The number of para-hydroxylation sites is 2. The van der Waals surface area contributed by atoms with Gasteiger partial charge in [-0.1, -0.05) is 57.2 Å². The molecule has 0 aliphatic carbocycles. The molecule has 0 fully saturated rings. The Morgan fingerprint density at radius 3 is 2.27 bits per heavy atom. The van der Waals surface area contributed by atoms with Gasteiger partial charge in [-0.2, -0.15) is 0 Å². The topological polar surface area (TPSA) is 38.9 Å². The Balaban J connectivity index is 0.000000175. The van der Waals surface area contributed by atoms with Gasteiger partial charge in [-0.05, 0) is 57.0 Å². The molecule has 1 unspecified atom stereocenters. The molecule has 1 aliphatic heterocycles. The van der Waals surface area contributed by atoms with E-state index < -0.39 is 0 Å². The smallest absolute Gasteiger partial charge is 0.0960 e. The monoisotopic (exact) mass is 447 g/mol. The number of aromatic nitrogens is 4. The zero-order valence-corrected chi connectivity index (χ0v) is 21.3. The molecule has 0 amide bonds. The molecular weight excluding hydrogens is 406 g/mol. The van der Waals surface area contributed by atoms with Crippen LogP contribution in [0.1, 0.15) is 58.2 Å². The van der Waals surface area contributed by atoms with E-state index in [0.717, 1.165) is 25.0 Å². The number of fused-ring (bicyclic) bond motifs is 2. The molecule has 0 radical (unpaired) electrons. The van der Waals surface area contributed by atoms with E-state index in [-0.39, 0.29) is 0 Å². The summed E-state index contributed by atoms with van der Waals surface area (Å²) in [5.41, 5.74) is 5.35. The number of imidazole rings is 2. The minimum absolute atomic E-state index is 0.535. The molecule has 0 bridgehead atoms. The third-order valence-electron chi connectivity index (χ3n) is 5.79. The second-order valence-electron chi connectivity index (χ2n) is 8.05. The summed E-state index contributed by atoms with van der Waals surface area (Å²) in [5, 5.41) is 0. The van der Waals surface area contributed by atoms with Crippen LogP contribution in [0.2, 0.25) is 0 Å². The largest absolute Gasteiger partial charge is 0.338 e. The fraction of sp³-hybridized carbons (Fsp3) is 0.429. The van der Waals surface area contributed by atoms with E-state index in [4.69, 9.17) is 0 Å². The third-order valence-corrected chi connectivity index (χ3v) is 5.79. The van der Waals surface area contributed by atoms with Gasteiger partial charge in [0.2, 0.25) is 0 Å². The van der Waals surface area contributed by atoms with Crippen molar-refractivity contribution in [3.05, 3.63) is 84.7 Å². The summed E-state index contributed by atoms with van der Waals surface area (Å²) in [6, 6.07) is 17.5. The number of aryl methyl sites for hydroxylation is 1. The van der Waals surface area contributed by atoms with Crippen LogP contribution in [0.3, 0.4) is 0 Å². The molecule has 5 heteroatoms. The van der Waals surface area contributed by atoms with Crippen LogP contribution < -0.4 is 0 Å². The fourth-order valence-electron chi connectivity index (χ4n) is 3.64. The fourth-order valence-corrected chi connectivity index (χ4v) is 3.64. The second kappa shape index (κ2) is 14.3. The number of likely N-dealkylation sites (N-methyl/N-ethyl adjacent to an activating group) is 1. The molecule has 0 saturated carbocycles. The number of hydrogen-bond donors (Lipinski definition) is 0. The van der Waals surface area contributed by atoms with Crippen LogP contribution in [0.15, 0.2) is 73.6 Å². The average Bonchev–Trinajstić information content (AvgIpc) is 3.56. The SMILES string of the molecule is CC.CCC(C)n1cnc2ccccc21.CCn1ccnc1.CN1CCc2ccccc2C1. The van der Waals surface area contributed by atoms with Crippen molar-refractivity contribution in [2.45, 2.75) is 66.6 Å². The standard InChI is InChI=1S/C11H14N2.C10H13N.C5H8N2.C2H6/c1-3-9(2)13-8-12-10-6-4-5-7-11(10)13;1-11-7-6-9-4-2-3-5-10(9)8-11;1-2-7-4-3-6-5-7;1-2/h4-9H,3H2,1-2H3;2-5H,6-8H2,1H3;3-5H,2H2,1H3;1-2H3. The summed E-state index contributed by atoms with van der Waals surface area (Å²) in [7, 11) is 2.18. The van der Waals surface area contributed by atoms with Gasteiger partial charge in [0.1, 0.15) is 0 Å². The highest BCUT2D eigenvalue weighted by atomic mass is 15.1. The van der Waals surface area contributed by atoms with Crippen LogP contribution in [-0.4, -0.2) is 37.6 Å². The lowest BCUT2D eigenvalue weighted by atomic mass is 10.0. The van der Waals surface area contributed by atoms with E-state index >= 15 is 0 Å². The van der Waals surface area contributed by atoms with E-state index in [0.29, 0.717) is 6.04 Å². The summed E-state index contributed by atoms with van der Waals surface area (Å²) in [6.07, 6.45) is 9.81. The number of hydrogen-bond acceptors (Lipinski definition) is 3. The van der Waals surface area contributed by atoms with Crippen molar-refractivity contribution in [3.8, 4) is 0 Å². The molecule has 33 heavy (non-hydrogen) atoms. The normalized spacial score (nSPS) is 13.4. The molecule has 0 saturated heterocycles. The maximum absolute atomic E-state index is 4.35. The van der Waals surface area contributed by atoms with Crippen molar-refractivity contribution >= 4 is 11.0 Å². The molecule has 1 aliphatic rings. The summed E-state index contributed by atoms with van der Waals surface area (Å²) in [4.78, 5) is 10.6. The van der Waals surface area contributed by atoms with Crippen molar-refractivity contribution < 1.29 is 0 Å². The lowest BCUT2D eigenvalue weighted by molar-refractivity contribution is 0.313. The molecule has 0 spiro atoms. The van der Waals surface area contributed by atoms with E-state index in [2.05, 4.69) is 83.7 Å². The van der Waals surface area contributed by atoms with Crippen LogP contribution in [-0.2, 0) is 19.5 Å². The Kier molecular flexibility index (Phi) is 11.4. The molecule has 1 atom stereocenters. The minimum Gasteiger partial charge on any atom is -0.338 e. The van der Waals surface area contributed by atoms with E-state index in [9.17, 15) is 0 Å². The van der Waals surface area contributed by atoms with Crippen molar-refractivity contribution in [2.24, 2.45) is 0 Å². The first kappa shape index (κ1) is 26.3. The third kappa shape index (κ3) is 7.86. The van der Waals surface area contributed by atoms with Crippen LogP contribution in [0.4, 0.5) is 0 Å². The Labute approximate surface area is 200 Å². The van der Waals surface area contributed by atoms with Crippen LogP contribution in [0.5, 0.6) is 0 Å². The lowest BCUT2D eigenvalue weighted by Gasteiger charge is -2.24. The first-order valence-corrected chi connectivity index (χ1v) is 12.2. The van der Waals surface area contributed by atoms with E-state index in [1.54, 1.807) is 12.5 Å². The summed E-state index contributed by atoms with van der Waals surface area (Å²) >= 11 is 0. The van der Waals surface area contributed by atoms with Gasteiger partial charge in [0.15, 0.2) is 0 Å². The molecule has 4 aromatic rings. The van der Waals surface area contributed by atoms with Gasteiger partial charge in [-0.25, -0.2) is 9.97 Å². The van der Waals surface area contributed by atoms with Crippen molar-refractivity contribution in [1.82, 2.24) is 24.0 Å². The molecule has 2 aromatic carbocycles. The summed E-state index contributed by atoms with van der Waals surface area (Å²) in [6.45, 7) is 13.8. The van der Waals surface area contributed by atoms with Gasteiger partial charge >= 0.3 is 0 Å². The molecular formula is C28H41N5. The van der Waals surface area contributed by atoms with Crippen LogP contribution in [0.25, 0.3) is 11.0 Å². The highest BCUT2D eigenvalue weighted by molar-refractivity contribution is 5.75. The first-order valence-electron chi connectivity index (χ1n) is 12.2. The predicted octanol–water partition coefficient (Wildman–Crippen LogP) is 6.61. The Morgan fingerprint density at radius 2 is 1.64 bits per heavy atom. The molecule has 178 valence electrons. The van der Waals surface area contributed by atoms with Crippen molar-refractivity contribution in [3.63, 3.8) is 0 Å². The second-order valence-corrected chi connectivity index (χ2v) is 8.05. The summed E-state index contributed by atoms with van der Waals surface area (Å²) in [5.74, 6) is 0. The summed E-state index contributed by atoms with van der Waals surface area (Å²) < 4.78 is 4.25. The van der Waals surface area contributed by atoms with Crippen molar-refractivity contribution in [1.29, 1.82) is 0 Å². The molecule has 5 rings (SSSR count). The van der Waals surface area contributed by atoms with Gasteiger partial charge in [-0.3, -0.25) is 0 Å². The molecule has 3 heterocycles. The lowest BCUT2D eigenvalue weighted by Crippen LogP contribution is -2.26. The number of nitrogens with zero attached hydrogens (tertiary/aromatic N) is 5. The van der Waals surface area contributed by atoms with Crippen LogP contribution >= 0.6 is 0 Å². The molecule has 0 N–H and O–H groups in total. The van der Waals surface area contributed by atoms with Gasteiger partial charge in [0.25, 0.3) is 0 Å². The highest BCUT2D eigenvalue weighted by Crippen LogP contribution is 2.19. The Morgan fingerprint density at radius 1 is 0.939 bits per heavy atom. The first-order chi connectivity index (χ1) is 16.1. The highest BCUT2D eigenvalue weighted by Gasteiger charge is 2.10. The van der Waals surface area contributed by atoms with Gasteiger partial charge in [0.05, 0.1) is 23.7 Å². The quantitative estimate of drug-likeness (QED) is 0.355. The van der Waals surface area contributed by atoms with Gasteiger partial charge in [-0.15, -0.1) is 0 Å². The van der Waals surface area contributed by atoms with E-state index in [1.165, 1.54) is 29.6 Å². The maximum Gasteiger partial charge on any atom is 0.0960 e. The Hall–Kier alpha value is -2.92. The van der Waals surface area contributed by atoms with Crippen LogP contribution in [0, 0.1) is 0 Å². The van der Waals surface area contributed by atoms with Gasteiger partial charge < -0.3 is 14.0 Å². The zero-order chi connectivity index (χ0) is 24.1. The number of benzene rings is 2. The average molecular weight is 448 g/mol. The van der Waals surface area contributed by atoms with E-state index in [1.807, 2.05) is 43.1 Å². The maximum atomic E-state index is 4.35. The number of rotatable bonds is 3. The molecule has 2 aromatic heterocycles. The zero-order valence-electron chi connectivity index (χ0n) is 21.3. The van der Waals surface area contributed by atoms with Crippen molar-refractivity contribution in [2.75, 3.05) is 13.6 Å². The predicted molar refractivity (Wildman–Crippen MR) is 140 cm³/mol. The minimum atomic E-state index is 0.535. The van der Waals surface area contributed by atoms with Gasteiger partial charge in [0, 0.05) is 38.1 Å². The Bertz CT molecular complexity index is 1040.